The number of hydrogen-bond donors (Lipinski definition) is 0. The molecule has 20 heavy (non-hydrogen) atoms. The molecule has 2 aromatic rings. The normalized spacial score (nSPS) is 13.5. The number of nitrogens with zero attached hydrogens (tertiary/aromatic N) is 2. The molecule has 0 spiro atoms. The molecule has 3 nitrogen and oxygen atoms in total. The Labute approximate surface area is 119 Å². The van der Waals surface area contributed by atoms with Gasteiger partial charge in [0.05, 0.1) is 0 Å². The number of fused-ring (bicyclic) bond motifs is 1. The number of ether oxygens (including phenoxy) is 1. The quantitative estimate of drug-likeness (QED) is 0.687. The second-order valence-corrected chi connectivity index (χ2v) is 5.47. The van der Waals surface area contributed by atoms with Gasteiger partial charge in [-0.05, 0) is 60.7 Å². The van der Waals surface area contributed by atoms with Gasteiger partial charge >= 0.3 is 6.73 Å². The Morgan fingerprint density at radius 1 is 0.950 bits per heavy atom. The summed E-state index contributed by atoms with van der Waals surface area (Å²) in [6.45, 7) is 8.83. The molecule has 0 N–H and O–H groups in total. The summed E-state index contributed by atoms with van der Waals surface area (Å²) >= 11 is 0. The summed E-state index contributed by atoms with van der Waals surface area (Å²) in [7, 11) is 0. The lowest BCUT2D eigenvalue weighted by Gasteiger charge is -2.14. The molecule has 0 unspecified atom stereocenters. The molecular weight excluding hydrogens is 248 g/mol. The fraction of sp³-hybridized carbons (Fsp3) is 0.294. The maximum absolute atomic E-state index is 5.88. The summed E-state index contributed by atoms with van der Waals surface area (Å²) in [5.74, 6) is 0.899. The first-order valence-corrected chi connectivity index (χ1v) is 6.85. The van der Waals surface area contributed by atoms with Crippen molar-refractivity contribution >= 4 is 11.4 Å². The first kappa shape index (κ1) is 12.9. The lowest BCUT2D eigenvalue weighted by molar-refractivity contribution is -0.544. The average Bonchev–Trinajstić information content (AvgIpc) is 2.41. The van der Waals surface area contributed by atoms with E-state index in [2.05, 4.69) is 58.0 Å². The minimum atomic E-state index is 0.458. The Bertz CT molecular complexity index is 717. The van der Waals surface area contributed by atoms with Gasteiger partial charge in [-0.1, -0.05) is 12.1 Å². The summed E-state index contributed by atoms with van der Waals surface area (Å²) in [5.41, 5.74) is 6.88. The topological polar surface area (TPSA) is 24.6 Å². The van der Waals surface area contributed by atoms with Crippen LogP contribution in [-0.2, 0) is 0 Å². The number of azo groups is 2. The van der Waals surface area contributed by atoms with Crippen LogP contribution in [0.1, 0.15) is 22.3 Å². The number of hydrogen-bond acceptors (Lipinski definition) is 2. The van der Waals surface area contributed by atoms with Gasteiger partial charge in [0.15, 0.2) is 11.4 Å². The van der Waals surface area contributed by atoms with Crippen LogP contribution in [-0.4, -0.2) is 11.4 Å². The van der Waals surface area contributed by atoms with Crippen LogP contribution in [0, 0.1) is 27.7 Å². The highest BCUT2D eigenvalue weighted by Crippen LogP contribution is 2.36. The van der Waals surface area contributed by atoms with Crippen LogP contribution < -0.4 is 4.74 Å². The Morgan fingerprint density at radius 3 is 2.50 bits per heavy atom. The fourth-order valence-corrected chi connectivity index (χ4v) is 2.50. The van der Waals surface area contributed by atoms with Gasteiger partial charge in [0.25, 0.3) is 0 Å². The Hall–Kier alpha value is -2.16. The van der Waals surface area contributed by atoms with Gasteiger partial charge in [-0.2, -0.15) is 0 Å². The van der Waals surface area contributed by atoms with Crippen LogP contribution in [0.4, 0.5) is 11.4 Å². The van der Waals surface area contributed by atoms with E-state index >= 15 is 0 Å². The number of benzene rings is 2. The van der Waals surface area contributed by atoms with E-state index in [9.17, 15) is 0 Å². The van der Waals surface area contributed by atoms with Crippen molar-refractivity contribution < 1.29 is 9.43 Å². The monoisotopic (exact) mass is 267 g/mol. The van der Waals surface area contributed by atoms with E-state index in [0.717, 1.165) is 22.7 Å². The van der Waals surface area contributed by atoms with Crippen molar-refractivity contribution in [3.05, 3.63) is 52.6 Å². The van der Waals surface area contributed by atoms with Crippen molar-refractivity contribution in [2.45, 2.75) is 27.7 Å². The van der Waals surface area contributed by atoms with Crippen molar-refractivity contribution in [2.24, 2.45) is 5.11 Å². The second-order valence-electron chi connectivity index (χ2n) is 5.47. The highest BCUT2D eigenvalue weighted by molar-refractivity contribution is 5.57. The van der Waals surface area contributed by atoms with Gasteiger partial charge in [-0.3, -0.25) is 0 Å². The van der Waals surface area contributed by atoms with Crippen molar-refractivity contribution in [1.29, 1.82) is 0 Å². The maximum Gasteiger partial charge on any atom is 0.317 e. The van der Waals surface area contributed by atoms with E-state index < -0.39 is 0 Å². The summed E-state index contributed by atoms with van der Waals surface area (Å²) in [6, 6.07) is 10.5. The zero-order valence-electron chi connectivity index (χ0n) is 12.4. The molecule has 0 radical (unpaired) electrons. The summed E-state index contributed by atoms with van der Waals surface area (Å²) in [6.07, 6.45) is 0. The van der Waals surface area contributed by atoms with Gasteiger partial charge in [-0.15, -0.1) is 0 Å². The molecule has 1 heterocycles. The summed E-state index contributed by atoms with van der Waals surface area (Å²) in [5, 5.41) is 4.72. The molecular formula is C17H19N2O+. The predicted octanol–water partition coefficient (Wildman–Crippen LogP) is 4.70. The van der Waals surface area contributed by atoms with Crippen LogP contribution in [0.25, 0.3) is 0 Å². The SMILES string of the molecule is Cc1cc(C)c2c(c1)N=[N+](c1ccc(C)c(C)c1)CO2. The third-order valence-corrected chi connectivity index (χ3v) is 3.75. The zero-order chi connectivity index (χ0) is 14.3. The van der Waals surface area contributed by atoms with E-state index in [1.807, 2.05) is 4.70 Å². The second kappa shape index (κ2) is 4.75. The van der Waals surface area contributed by atoms with E-state index in [1.54, 1.807) is 0 Å². The first-order valence-electron chi connectivity index (χ1n) is 6.85. The fourth-order valence-electron chi connectivity index (χ4n) is 2.50. The molecule has 2 aromatic carbocycles. The van der Waals surface area contributed by atoms with Crippen LogP contribution in [0.3, 0.4) is 0 Å². The van der Waals surface area contributed by atoms with Gasteiger partial charge < -0.3 is 4.74 Å². The standard InChI is InChI=1S/C17H19N2O/c1-11-7-14(4)17-16(8-11)18-19(10-20-17)15-6-5-12(2)13(3)9-15/h5-9H,10H2,1-4H3/q+1. The minimum Gasteiger partial charge on any atom is -0.431 e. The summed E-state index contributed by atoms with van der Waals surface area (Å²) in [4.78, 5) is 0. The van der Waals surface area contributed by atoms with E-state index in [1.165, 1.54) is 16.7 Å². The highest BCUT2D eigenvalue weighted by atomic mass is 16.5. The molecule has 0 aliphatic carbocycles. The predicted molar refractivity (Wildman–Crippen MR) is 79.3 cm³/mol. The lowest BCUT2D eigenvalue weighted by atomic mass is 10.1. The molecule has 0 aromatic heterocycles. The van der Waals surface area contributed by atoms with Crippen LogP contribution in [0.15, 0.2) is 35.4 Å². The van der Waals surface area contributed by atoms with E-state index in [-0.39, 0.29) is 0 Å². The van der Waals surface area contributed by atoms with Crippen molar-refractivity contribution in [2.75, 3.05) is 6.73 Å². The first-order chi connectivity index (χ1) is 9.54. The van der Waals surface area contributed by atoms with Crippen molar-refractivity contribution in [3.8, 4) is 5.75 Å². The average molecular weight is 267 g/mol. The zero-order valence-corrected chi connectivity index (χ0v) is 12.4. The molecule has 102 valence electrons. The lowest BCUT2D eigenvalue weighted by Crippen LogP contribution is -2.16. The van der Waals surface area contributed by atoms with Crippen LogP contribution in [0.5, 0.6) is 5.75 Å². The molecule has 0 saturated carbocycles. The number of rotatable bonds is 1. The highest BCUT2D eigenvalue weighted by Gasteiger charge is 2.23. The minimum absolute atomic E-state index is 0.458. The van der Waals surface area contributed by atoms with Crippen LogP contribution in [0.2, 0.25) is 0 Å². The van der Waals surface area contributed by atoms with Gasteiger partial charge in [0.1, 0.15) is 0 Å². The number of aryl methyl sites for hydroxylation is 4. The molecule has 0 amide bonds. The Kier molecular flexibility index (Phi) is 3.05. The molecule has 3 rings (SSSR count). The van der Waals surface area contributed by atoms with E-state index in [4.69, 9.17) is 9.85 Å². The Morgan fingerprint density at radius 2 is 1.75 bits per heavy atom. The van der Waals surface area contributed by atoms with Crippen molar-refractivity contribution in [1.82, 2.24) is 0 Å². The smallest absolute Gasteiger partial charge is 0.317 e. The third-order valence-electron chi connectivity index (χ3n) is 3.75. The van der Waals surface area contributed by atoms with Crippen LogP contribution >= 0.6 is 0 Å². The molecule has 3 heteroatoms. The van der Waals surface area contributed by atoms with Gasteiger partial charge in [-0.25, -0.2) is 0 Å². The summed E-state index contributed by atoms with van der Waals surface area (Å²) < 4.78 is 7.79. The third kappa shape index (κ3) is 2.20. The molecule has 0 fully saturated rings. The molecule has 0 saturated heterocycles. The largest absolute Gasteiger partial charge is 0.431 e. The van der Waals surface area contributed by atoms with Gasteiger partial charge in [0.2, 0.25) is 5.69 Å². The maximum atomic E-state index is 5.88. The molecule has 1 aliphatic rings. The Balaban J connectivity index is 2.08. The van der Waals surface area contributed by atoms with Crippen molar-refractivity contribution in [3.63, 3.8) is 0 Å². The molecule has 1 aliphatic heterocycles. The molecule has 0 bridgehead atoms. The van der Waals surface area contributed by atoms with E-state index in [0.29, 0.717) is 6.73 Å². The van der Waals surface area contributed by atoms with Gasteiger partial charge in [0, 0.05) is 17.2 Å². The molecule has 0 atom stereocenters.